The van der Waals surface area contributed by atoms with Gasteiger partial charge in [0, 0.05) is 10.5 Å². The first kappa shape index (κ1) is 15.4. The Labute approximate surface area is 118 Å². The lowest BCUT2D eigenvalue weighted by atomic mass is 10.1. The molecule has 0 radical (unpaired) electrons. The monoisotopic (exact) mass is 332 g/mol. The summed E-state index contributed by atoms with van der Waals surface area (Å²) in [5.74, 6) is -1.56. The number of aliphatic carboxylic acids is 1. The largest absolute Gasteiger partial charge is 0.481 e. The Bertz CT molecular complexity index is 482. The van der Waals surface area contributed by atoms with Crippen LogP contribution in [0.25, 0.3) is 0 Å². The van der Waals surface area contributed by atoms with Crippen molar-refractivity contribution in [1.82, 2.24) is 5.32 Å². The molecule has 1 atom stereocenters. The highest BCUT2D eigenvalue weighted by Crippen LogP contribution is 2.19. The van der Waals surface area contributed by atoms with E-state index in [4.69, 9.17) is 5.11 Å². The van der Waals surface area contributed by atoms with E-state index in [-0.39, 0.29) is 12.1 Å². The number of urea groups is 1. The molecular weight excluding hydrogens is 319 g/mol. The van der Waals surface area contributed by atoms with Crippen LogP contribution >= 0.6 is 15.9 Å². The van der Waals surface area contributed by atoms with Crippen LogP contribution in [0.2, 0.25) is 0 Å². The quantitative estimate of drug-likeness (QED) is 0.775. The number of carboxylic acid groups (broad SMARTS) is 1. The Hall–Kier alpha value is -1.63. The molecule has 0 saturated carbocycles. The van der Waals surface area contributed by atoms with Gasteiger partial charge in [-0.3, -0.25) is 4.79 Å². The molecule has 104 valence electrons. The van der Waals surface area contributed by atoms with Crippen molar-refractivity contribution < 1.29 is 19.1 Å². The molecule has 19 heavy (non-hydrogen) atoms. The molecule has 0 bridgehead atoms. The summed E-state index contributed by atoms with van der Waals surface area (Å²) in [6.07, 6.45) is 0.297. The molecule has 0 heterocycles. The second-order valence-electron chi connectivity index (χ2n) is 3.93. The van der Waals surface area contributed by atoms with Gasteiger partial charge in [0.2, 0.25) is 0 Å². The maximum Gasteiger partial charge on any atom is 0.319 e. The molecule has 5 nitrogen and oxygen atoms in total. The molecular formula is C12H14BrFN2O3. The topological polar surface area (TPSA) is 78.4 Å². The standard InChI is InChI=1S/C12H14BrFN2O3/c1-2-8(6-11(17)18)15-12(19)16-10-5-7(13)3-4-9(10)14/h3-5,8H,2,6H2,1H3,(H,17,18)(H2,15,16,19). The number of carboxylic acids is 1. The number of anilines is 1. The van der Waals surface area contributed by atoms with E-state index in [1.165, 1.54) is 18.2 Å². The van der Waals surface area contributed by atoms with E-state index in [1.807, 2.05) is 0 Å². The van der Waals surface area contributed by atoms with Gasteiger partial charge in [0.05, 0.1) is 12.1 Å². The lowest BCUT2D eigenvalue weighted by Crippen LogP contribution is -2.39. The Morgan fingerprint density at radius 2 is 2.16 bits per heavy atom. The summed E-state index contributed by atoms with van der Waals surface area (Å²) >= 11 is 3.17. The number of nitrogens with one attached hydrogen (secondary N) is 2. The SMILES string of the molecule is CCC(CC(=O)O)NC(=O)Nc1cc(Br)ccc1F. The van der Waals surface area contributed by atoms with E-state index >= 15 is 0 Å². The predicted octanol–water partition coefficient (Wildman–Crippen LogP) is 2.96. The average molecular weight is 333 g/mol. The minimum atomic E-state index is -0.999. The molecule has 7 heteroatoms. The van der Waals surface area contributed by atoms with Crippen molar-refractivity contribution >= 4 is 33.6 Å². The number of carbonyl (C=O) groups excluding carboxylic acids is 1. The number of rotatable bonds is 5. The van der Waals surface area contributed by atoms with Crippen LogP contribution in [0.1, 0.15) is 19.8 Å². The van der Waals surface area contributed by atoms with E-state index < -0.39 is 23.9 Å². The Morgan fingerprint density at radius 1 is 1.47 bits per heavy atom. The smallest absolute Gasteiger partial charge is 0.319 e. The van der Waals surface area contributed by atoms with Crippen LogP contribution in [-0.2, 0) is 4.79 Å². The molecule has 0 aliphatic heterocycles. The minimum Gasteiger partial charge on any atom is -0.481 e. The van der Waals surface area contributed by atoms with Gasteiger partial charge < -0.3 is 15.7 Å². The van der Waals surface area contributed by atoms with E-state index in [1.54, 1.807) is 6.92 Å². The molecule has 1 aromatic carbocycles. The highest BCUT2D eigenvalue weighted by molar-refractivity contribution is 9.10. The lowest BCUT2D eigenvalue weighted by Gasteiger charge is -2.15. The molecule has 0 fully saturated rings. The number of hydrogen-bond acceptors (Lipinski definition) is 2. The second kappa shape index (κ2) is 7.08. The molecule has 0 spiro atoms. The maximum absolute atomic E-state index is 13.4. The highest BCUT2D eigenvalue weighted by Gasteiger charge is 2.15. The zero-order chi connectivity index (χ0) is 14.4. The second-order valence-corrected chi connectivity index (χ2v) is 4.84. The summed E-state index contributed by atoms with van der Waals surface area (Å²) in [4.78, 5) is 22.2. The van der Waals surface area contributed by atoms with Crippen molar-refractivity contribution in [2.45, 2.75) is 25.8 Å². The van der Waals surface area contributed by atoms with Crippen molar-refractivity contribution in [3.63, 3.8) is 0 Å². The Kier molecular flexibility index (Phi) is 5.75. The summed E-state index contributed by atoms with van der Waals surface area (Å²) in [6.45, 7) is 1.76. The first-order chi connectivity index (χ1) is 8.92. The van der Waals surface area contributed by atoms with Crippen LogP contribution < -0.4 is 10.6 Å². The van der Waals surface area contributed by atoms with Crippen LogP contribution in [0.4, 0.5) is 14.9 Å². The maximum atomic E-state index is 13.4. The highest BCUT2D eigenvalue weighted by atomic mass is 79.9. The third-order valence-electron chi connectivity index (χ3n) is 2.43. The van der Waals surface area contributed by atoms with E-state index in [0.29, 0.717) is 10.9 Å². The van der Waals surface area contributed by atoms with Crippen LogP contribution in [0.5, 0.6) is 0 Å². The van der Waals surface area contributed by atoms with E-state index in [0.717, 1.165) is 0 Å². The molecule has 1 unspecified atom stereocenters. The first-order valence-corrected chi connectivity index (χ1v) is 6.46. The van der Waals surface area contributed by atoms with Gasteiger partial charge in [0.1, 0.15) is 5.82 Å². The number of halogens is 2. The van der Waals surface area contributed by atoms with Crippen molar-refractivity contribution in [2.75, 3.05) is 5.32 Å². The fourth-order valence-electron chi connectivity index (χ4n) is 1.45. The van der Waals surface area contributed by atoms with Gasteiger partial charge >= 0.3 is 12.0 Å². The number of benzene rings is 1. The fraction of sp³-hybridized carbons (Fsp3) is 0.333. The van der Waals surface area contributed by atoms with Crippen LogP contribution in [0.15, 0.2) is 22.7 Å². The van der Waals surface area contributed by atoms with Gasteiger partial charge in [-0.05, 0) is 24.6 Å². The Balaban J connectivity index is 2.63. The van der Waals surface area contributed by atoms with Crippen molar-refractivity contribution in [3.05, 3.63) is 28.5 Å². The third-order valence-corrected chi connectivity index (χ3v) is 2.92. The molecule has 0 aromatic heterocycles. The van der Waals surface area contributed by atoms with Crippen molar-refractivity contribution in [3.8, 4) is 0 Å². The third kappa shape index (κ3) is 5.25. The van der Waals surface area contributed by atoms with Crippen LogP contribution in [-0.4, -0.2) is 23.1 Å². The van der Waals surface area contributed by atoms with Gasteiger partial charge in [-0.15, -0.1) is 0 Å². The molecule has 0 saturated heterocycles. The predicted molar refractivity (Wildman–Crippen MR) is 72.6 cm³/mol. The normalized spacial score (nSPS) is 11.7. The minimum absolute atomic E-state index is 0.0250. The van der Waals surface area contributed by atoms with Crippen LogP contribution in [0.3, 0.4) is 0 Å². The summed E-state index contributed by atoms with van der Waals surface area (Å²) < 4.78 is 14.0. The molecule has 3 N–H and O–H groups in total. The molecule has 2 amide bonds. The van der Waals surface area contributed by atoms with Gasteiger partial charge in [-0.1, -0.05) is 22.9 Å². The van der Waals surface area contributed by atoms with Gasteiger partial charge in [-0.2, -0.15) is 0 Å². The lowest BCUT2D eigenvalue weighted by molar-refractivity contribution is -0.137. The Morgan fingerprint density at radius 3 is 2.74 bits per heavy atom. The fourth-order valence-corrected chi connectivity index (χ4v) is 1.81. The van der Waals surface area contributed by atoms with Gasteiger partial charge in [0.25, 0.3) is 0 Å². The molecule has 1 rings (SSSR count). The number of amides is 2. The summed E-state index contributed by atoms with van der Waals surface area (Å²) in [7, 11) is 0. The zero-order valence-electron chi connectivity index (χ0n) is 10.2. The molecule has 0 aliphatic rings. The van der Waals surface area contributed by atoms with Gasteiger partial charge in [0.15, 0.2) is 0 Å². The van der Waals surface area contributed by atoms with E-state index in [9.17, 15) is 14.0 Å². The molecule has 1 aromatic rings. The zero-order valence-corrected chi connectivity index (χ0v) is 11.8. The summed E-state index contributed by atoms with van der Waals surface area (Å²) in [5.41, 5.74) is 0.0250. The number of hydrogen-bond donors (Lipinski definition) is 3. The average Bonchev–Trinajstić information content (AvgIpc) is 2.32. The van der Waals surface area contributed by atoms with Crippen molar-refractivity contribution in [2.24, 2.45) is 0 Å². The first-order valence-electron chi connectivity index (χ1n) is 5.66. The van der Waals surface area contributed by atoms with Crippen molar-refractivity contribution in [1.29, 1.82) is 0 Å². The number of carbonyl (C=O) groups is 2. The summed E-state index contributed by atoms with van der Waals surface area (Å²) in [6, 6.07) is 3.02. The summed E-state index contributed by atoms with van der Waals surface area (Å²) in [5, 5.41) is 13.5. The van der Waals surface area contributed by atoms with Crippen LogP contribution in [0, 0.1) is 5.82 Å². The molecule has 0 aliphatic carbocycles. The van der Waals surface area contributed by atoms with Gasteiger partial charge in [-0.25, -0.2) is 9.18 Å². The van der Waals surface area contributed by atoms with E-state index in [2.05, 4.69) is 26.6 Å².